The van der Waals surface area contributed by atoms with Crippen molar-refractivity contribution in [2.24, 2.45) is 0 Å². The van der Waals surface area contributed by atoms with Crippen LogP contribution in [0.3, 0.4) is 0 Å². The molecule has 5 nitrogen and oxygen atoms in total. The van der Waals surface area contributed by atoms with E-state index in [4.69, 9.17) is 4.74 Å². The third-order valence-electron chi connectivity index (χ3n) is 1.90. The van der Waals surface area contributed by atoms with Crippen molar-refractivity contribution in [3.63, 3.8) is 0 Å². The molecule has 0 fully saturated rings. The van der Waals surface area contributed by atoms with Gasteiger partial charge in [-0.25, -0.2) is 0 Å². The number of ether oxygens (including phenoxy) is 1. The molecular weight excluding hydrogens is 212 g/mol. The van der Waals surface area contributed by atoms with Gasteiger partial charge in [0.2, 0.25) is 0 Å². The molecule has 0 amide bonds. The number of aromatic nitrogens is 2. The van der Waals surface area contributed by atoms with Crippen molar-refractivity contribution in [3.05, 3.63) is 11.1 Å². The van der Waals surface area contributed by atoms with Crippen LogP contribution >= 0.6 is 11.5 Å². The van der Waals surface area contributed by atoms with Crippen LogP contribution in [0, 0.1) is 0 Å². The van der Waals surface area contributed by atoms with Gasteiger partial charge >= 0.3 is 0 Å². The molecule has 2 N–H and O–H groups in total. The van der Waals surface area contributed by atoms with Gasteiger partial charge in [-0.2, -0.15) is 0 Å². The van der Waals surface area contributed by atoms with Crippen LogP contribution in [0.25, 0.3) is 0 Å². The predicted octanol–water partition coefficient (Wildman–Crippen LogP) is 0.254. The molecule has 1 aromatic rings. The molecule has 1 rings (SSSR count). The van der Waals surface area contributed by atoms with E-state index in [1.54, 1.807) is 7.11 Å². The maximum atomic E-state index is 4.93. The van der Waals surface area contributed by atoms with E-state index in [2.05, 4.69) is 20.2 Å². The van der Waals surface area contributed by atoms with Gasteiger partial charge in [-0.3, -0.25) is 0 Å². The molecule has 0 saturated carbocycles. The first-order chi connectivity index (χ1) is 7.43. The van der Waals surface area contributed by atoms with Gasteiger partial charge in [-0.05, 0) is 31.0 Å². The van der Waals surface area contributed by atoms with Gasteiger partial charge in [0.15, 0.2) is 0 Å². The van der Waals surface area contributed by atoms with Crippen molar-refractivity contribution >= 4 is 11.5 Å². The van der Waals surface area contributed by atoms with E-state index >= 15 is 0 Å². The van der Waals surface area contributed by atoms with E-state index in [0.717, 1.165) is 44.9 Å². The molecule has 0 aliphatic carbocycles. The van der Waals surface area contributed by atoms with Crippen molar-refractivity contribution in [1.82, 2.24) is 20.2 Å². The van der Waals surface area contributed by atoms with Crippen LogP contribution in [0.5, 0.6) is 0 Å². The lowest BCUT2D eigenvalue weighted by Crippen LogP contribution is -2.24. The highest BCUT2D eigenvalue weighted by Crippen LogP contribution is 1.95. The highest BCUT2D eigenvalue weighted by Gasteiger charge is 1.94. The smallest absolute Gasteiger partial charge is 0.0893 e. The monoisotopic (exact) mass is 230 g/mol. The fraction of sp³-hybridized carbons (Fsp3) is 0.778. The van der Waals surface area contributed by atoms with Crippen LogP contribution in [0.1, 0.15) is 12.1 Å². The first-order valence-electron chi connectivity index (χ1n) is 5.10. The fourth-order valence-corrected chi connectivity index (χ4v) is 1.57. The van der Waals surface area contributed by atoms with Crippen LogP contribution in [0.4, 0.5) is 0 Å². The molecule has 0 unspecified atom stereocenters. The summed E-state index contributed by atoms with van der Waals surface area (Å²) in [5, 5.41) is 12.5. The highest BCUT2D eigenvalue weighted by molar-refractivity contribution is 7.03. The Bertz CT molecular complexity index is 230. The maximum Gasteiger partial charge on any atom is 0.0893 e. The van der Waals surface area contributed by atoms with Crippen molar-refractivity contribution in [3.8, 4) is 0 Å². The van der Waals surface area contributed by atoms with Gasteiger partial charge in [-0.15, -0.1) is 5.10 Å². The second kappa shape index (κ2) is 8.72. The van der Waals surface area contributed by atoms with Crippen LogP contribution in [0.15, 0.2) is 5.38 Å². The topological polar surface area (TPSA) is 59.1 Å². The minimum absolute atomic E-state index is 0.776. The van der Waals surface area contributed by atoms with Crippen molar-refractivity contribution in [2.75, 3.05) is 33.4 Å². The summed E-state index contributed by atoms with van der Waals surface area (Å²) in [7, 11) is 1.71. The Kier molecular flexibility index (Phi) is 7.28. The molecule has 1 heterocycles. The number of methoxy groups -OCH3 is 1. The number of hydrogen-bond acceptors (Lipinski definition) is 6. The second-order valence-corrected chi connectivity index (χ2v) is 3.78. The van der Waals surface area contributed by atoms with Gasteiger partial charge in [-0.1, -0.05) is 4.49 Å². The number of hydrogen-bond donors (Lipinski definition) is 2. The molecule has 0 spiro atoms. The molecule has 6 heteroatoms. The van der Waals surface area contributed by atoms with Gasteiger partial charge in [0.05, 0.1) is 12.3 Å². The van der Waals surface area contributed by atoms with Crippen LogP contribution in [-0.2, 0) is 11.3 Å². The number of nitrogens with zero attached hydrogens (tertiary/aromatic N) is 2. The van der Waals surface area contributed by atoms with Crippen molar-refractivity contribution < 1.29 is 4.74 Å². The third kappa shape index (κ3) is 6.51. The van der Waals surface area contributed by atoms with E-state index in [1.807, 2.05) is 5.38 Å². The van der Waals surface area contributed by atoms with E-state index in [1.165, 1.54) is 11.5 Å². The third-order valence-corrected chi connectivity index (χ3v) is 2.45. The van der Waals surface area contributed by atoms with Gasteiger partial charge < -0.3 is 15.4 Å². The second-order valence-electron chi connectivity index (χ2n) is 3.17. The molecular formula is C9H18N4OS. The summed E-state index contributed by atoms with van der Waals surface area (Å²) < 4.78 is 8.72. The minimum Gasteiger partial charge on any atom is -0.383 e. The lowest BCUT2D eigenvalue weighted by atomic mass is 10.4. The first kappa shape index (κ1) is 12.5. The van der Waals surface area contributed by atoms with Gasteiger partial charge in [0.1, 0.15) is 0 Å². The summed E-state index contributed by atoms with van der Waals surface area (Å²) in [5.74, 6) is 0. The molecule has 0 aliphatic rings. The normalized spacial score (nSPS) is 10.7. The first-order valence-corrected chi connectivity index (χ1v) is 5.93. The Balaban J connectivity index is 1.81. The van der Waals surface area contributed by atoms with Crippen molar-refractivity contribution in [1.29, 1.82) is 0 Å². The zero-order valence-corrected chi connectivity index (χ0v) is 9.85. The summed E-state index contributed by atoms with van der Waals surface area (Å²) in [6.45, 7) is 4.53. The zero-order valence-electron chi connectivity index (χ0n) is 9.03. The Hall–Kier alpha value is -0.560. The standard InChI is InChI=1S/C9H18N4OS/c1-14-6-5-10-3-2-4-11-7-9-8-15-13-12-9/h8,10-11H,2-7H2,1H3. The molecule has 0 aliphatic heterocycles. The molecule has 0 bridgehead atoms. The molecule has 0 radical (unpaired) electrons. The molecule has 0 saturated heterocycles. The van der Waals surface area contributed by atoms with Crippen molar-refractivity contribution in [2.45, 2.75) is 13.0 Å². The molecule has 86 valence electrons. The maximum absolute atomic E-state index is 4.93. The molecule has 0 atom stereocenters. The number of rotatable bonds is 9. The highest BCUT2D eigenvalue weighted by atomic mass is 32.1. The average Bonchev–Trinajstić information content (AvgIpc) is 2.75. The molecule has 0 aromatic carbocycles. The summed E-state index contributed by atoms with van der Waals surface area (Å²) >= 11 is 1.39. The quantitative estimate of drug-likeness (QED) is 0.596. The summed E-state index contributed by atoms with van der Waals surface area (Å²) in [6.07, 6.45) is 1.11. The Morgan fingerprint density at radius 1 is 1.33 bits per heavy atom. The summed E-state index contributed by atoms with van der Waals surface area (Å²) in [6, 6.07) is 0. The van der Waals surface area contributed by atoms with Gasteiger partial charge in [0.25, 0.3) is 0 Å². The Morgan fingerprint density at radius 3 is 2.93 bits per heavy atom. The van der Waals surface area contributed by atoms with Crippen LogP contribution in [0.2, 0.25) is 0 Å². The summed E-state index contributed by atoms with van der Waals surface area (Å²) in [4.78, 5) is 0. The largest absolute Gasteiger partial charge is 0.383 e. The van der Waals surface area contributed by atoms with E-state index in [-0.39, 0.29) is 0 Å². The summed E-state index contributed by atoms with van der Waals surface area (Å²) in [5.41, 5.74) is 1.02. The predicted molar refractivity (Wildman–Crippen MR) is 61.0 cm³/mol. The van der Waals surface area contributed by atoms with E-state index in [9.17, 15) is 0 Å². The fourth-order valence-electron chi connectivity index (χ4n) is 1.12. The SMILES string of the molecule is COCCNCCCNCc1csnn1. The molecule has 15 heavy (non-hydrogen) atoms. The van der Waals surface area contributed by atoms with E-state index in [0.29, 0.717) is 0 Å². The zero-order chi connectivity index (χ0) is 10.8. The van der Waals surface area contributed by atoms with Crippen LogP contribution in [-0.4, -0.2) is 42.9 Å². The minimum atomic E-state index is 0.776. The lowest BCUT2D eigenvalue weighted by molar-refractivity contribution is 0.199. The van der Waals surface area contributed by atoms with Crippen LogP contribution < -0.4 is 10.6 Å². The molecule has 1 aromatic heterocycles. The Morgan fingerprint density at radius 2 is 2.20 bits per heavy atom. The average molecular weight is 230 g/mol. The Labute approximate surface area is 94.4 Å². The van der Waals surface area contributed by atoms with E-state index < -0.39 is 0 Å². The van der Waals surface area contributed by atoms with Gasteiger partial charge in [0, 0.05) is 25.6 Å². The number of nitrogens with one attached hydrogen (secondary N) is 2. The lowest BCUT2D eigenvalue weighted by Gasteiger charge is -2.04.